The van der Waals surface area contributed by atoms with Crippen LogP contribution in [0.2, 0.25) is 0 Å². The van der Waals surface area contributed by atoms with Gasteiger partial charge < -0.3 is 10.4 Å². The van der Waals surface area contributed by atoms with Crippen LogP contribution >= 0.6 is 0 Å². The van der Waals surface area contributed by atoms with Gasteiger partial charge in [0, 0.05) is 12.7 Å². The van der Waals surface area contributed by atoms with Gasteiger partial charge >= 0.3 is 0 Å². The number of aromatic hydroxyl groups is 1. The Morgan fingerprint density at radius 2 is 2.05 bits per heavy atom. The molecule has 1 atom stereocenters. The van der Waals surface area contributed by atoms with E-state index in [0.717, 1.165) is 6.42 Å². The lowest BCUT2D eigenvalue weighted by Gasteiger charge is -2.12. The molecule has 0 aliphatic heterocycles. The number of amides is 1. The molecule has 0 saturated carbocycles. The number of pyridine rings is 1. The van der Waals surface area contributed by atoms with Crippen LogP contribution in [0.15, 0.2) is 48.8 Å². The van der Waals surface area contributed by atoms with E-state index in [4.69, 9.17) is 0 Å². The lowest BCUT2D eigenvalue weighted by molar-refractivity contribution is 0.0950. The van der Waals surface area contributed by atoms with Gasteiger partial charge in [-0.25, -0.2) is 0 Å². The van der Waals surface area contributed by atoms with E-state index in [1.165, 1.54) is 24.0 Å². The summed E-state index contributed by atoms with van der Waals surface area (Å²) in [6.07, 6.45) is 3.60. The highest BCUT2D eigenvalue weighted by Crippen LogP contribution is 2.18. The van der Waals surface area contributed by atoms with Crippen LogP contribution in [0.3, 0.4) is 0 Å². The van der Waals surface area contributed by atoms with Crippen molar-refractivity contribution in [2.24, 2.45) is 0 Å². The predicted molar refractivity (Wildman–Crippen MR) is 77.7 cm³/mol. The zero-order chi connectivity index (χ0) is 14.4. The highest BCUT2D eigenvalue weighted by Gasteiger charge is 2.11. The van der Waals surface area contributed by atoms with Gasteiger partial charge in [-0.2, -0.15) is 0 Å². The smallest absolute Gasteiger partial charge is 0.255 e. The first kappa shape index (κ1) is 14.1. The third-order valence-corrected chi connectivity index (χ3v) is 3.28. The molecule has 1 amide bonds. The topological polar surface area (TPSA) is 62.2 Å². The third kappa shape index (κ3) is 3.57. The predicted octanol–water partition coefficient (Wildman–Crippen LogP) is 2.71. The van der Waals surface area contributed by atoms with Gasteiger partial charge in [0.2, 0.25) is 0 Å². The van der Waals surface area contributed by atoms with Gasteiger partial charge in [0.15, 0.2) is 0 Å². The molecule has 2 aromatic rings. The Balaban J connectivity index is 1.84. The van der Waals surface area contributed by atoms with Crippen molar-refractivity contribution in [3.05, 3.63) is 59.9 Å². The molecule has 2 N–H and O–H groups in total. The largest absolute Gasteiger partial charge is 0.505 e. The minimum Gasteiger partial charge on any atom is -0.505 e. The maximum Gasteiger partial charge on any atom is 0.255 e. The van der Waals surface area contributed by atoms with Crippen molar-refractivity contribution >= 4 is 5.91 Å². The van der Waals surface area contributed by atoms with E-state index < -0.39 is 0 Å². The molecule has 104 valence electrons. The van der Waals surface area contributed by atoms with Crippen molar-refractivity contribution in [1.82, 2.24) is 10.3 Å². The molecule has 1 aromatic carbocycles. The summed E-state index contributed by atoms with van der Waals surface area (Å²) in [6, 6.07) is 11.7. The maximum atomic E-state index is 11.9. The molecule has 2 rings (SSSR count). The molecule has 0 fully saturated rings. The minimum atomic E-state index is -0.273. The van der Waals surface area contributed by atoms with Crippen molar-refractivity contribution in [2.75, 3.05) is 6.54 Å². The van der Waals surface area contributed by atoms with Crippen LogP contribution in [-0.4, -0.2) is 22.5 Å². The number of aromatic nitrogens is 1. The summed E-state index contributed by atoms with van der Waals surface area (Å²) in [5.74, 6) is 0.00815. The number of nitrogens with one attached hydrogen (secondary N) is 1. The van der Waals surface area contributed by atoms with Crippen molar-refractivity contribution in [2.45, 2.75) is 19.3 Å². The molecule has 1 aromatic heterocycles. The van der Waals surface area contributed by atoms with Crippen LogP contribution in [0.1, 0.15) is 35.2 Å². The molecule has 4 heteroatoms. The van der Waals surface area contributed by atoms with Crippen LogP contribution in [-0.2, 0) is 0 Å². The molecule has 1 heterocycles. The number of rotatable bonds is 5. The van der Waals surface area contributed by atoms with Crippen molar-refractivity contribution in [3.63, 3.8) is 0 Å². The quantitative estimate of drug-likeness (QED) is 0.878. The van der Waals surface area contributed by atoms with E-state index in [2.05, 4.69) is 29.4 Å². The van der Waals surface area contributed by atoms with Crippen molar-refractivity contribution in [1.29, 1.82) is 0 Å². The first-order valence-electron chi connectivity index (χ1n) is 6.64. The van der Waals surface area contributed by atoms with Crippen molar-refractivity contribution < 1.29 is 9.90 Å². The zero-order valence-corrected chi connectivity index (χ0v) is 11.4. The highest BCUT2D eigenvalue weighted by atomic mass is 16.3. The second kappa shape index (κ2) is 6.70. The monoisotopic (exact) mass is 270 g/mol. The Labute approximate surface area is 118 Å². The van der Waals surface area contributed by atoms with E-state index in [-0.39, 0.29) is 17.2 Å². The molecular formula is C16H18N2O2. The van der Waals surface area contributed by atoms with E-state index >= 15 is 0 Å². The highest BCUT2D eigenvalue weighted by molar-refractivity contribution is 5.96. The first-order valence-corrected chi connectivity index (χ1v) is 6.64. The number of benzene rings is 1. The molecule has 1 unspecified atom stereocenters. The fourth-order valence-electron chi connectivity index (χ4n) is 2.02. The number of carbonyl (C=O) groups excluding carboxylic acids is 1. The van der Waals surface area contributed by atoms with Crippen LogP contribution in [0.25, 0.3) is 0 Å². The fraction of sp³-hybridized carbons (Fsp3) is 0.250. The number of hydrogen-bond donors (Lipinski definition) is 2. The molecule has 20 heavy (non-hydrogen) atoms. The third-order valence-electron chi connectivity index (χ3n) is 3.28. The standard InChI is InChI=1S/C16H18N2O2/c1-12(13-5-3-2-4-6-13)7-10-18-16(20)14-8-9-17-11-15(14)19/h2-6,8-9,11-12,19H,7,10H2,1H3,(H,18,20). The molecule has 0 aliphatic carbocycles. The second-order valence-corrected chi connectivity index (χ2v) is 4.75. The SMILES string of the molecule is CC(CCNC(=O)c1ccncc1O)c1ccccc1. The van der Waals surface area contributed by atoms with Crippen LogP contribution in [0.5, 0.6) is 5.75 Å². The summed E-state index contributed by atoms with van der Waals surface area (Å²) in [5.41, 5.74) is 1.51. The Hall–Kier alpha value is -2.36. The molecule has 0 bridgehead atoms. The van der Waals surface area contributed by atoms with Gasteiger partial charge in [0.1, 0.15) is 5.75 Å². The van der Waals surface area contributed by atoms with E-state index in [1.807, 2.05) is 18.2 Å². The minimum absolute atomic E-state index is 0.0962. The summed E-state index contributed by atoms with van der Waals surface area (Å²) < 4.78 is 0. The maximum absolute atomic E-state index is 11.9. The Kier molecular flexibility index (Phi) is 4.71. The van der Waals surface area contributed by atoms with Crippen LogP contribution < -0.4 is 5.32 Å². The summed E-state index contributed by atoms with van der Waals surface area (Å²) >= 11 is 0. The lowest BCUT2D eigenvalue weighted by atomic mass is 9.98. The van der Waals surface area contributed by atoms with Gasteiger partial charge in [0.05, 0.1) is 11.8 Å². The van der Waals surface area contributed by atoms with Crippen LogP contribution in [0.4, 0.5) is 0 Å². The zero-order valence-electron chi connectivity index (χ0n) is 11.4. The average molecular weight is 270 g/mol. The fourth-order valence-corrected chi connectivity index (χ4v) is 2.02. The van der Waals surface area contributed by atoms with Gasteiger partial charge in [-0.3, -0.25) is 9.78 Å². The van der Waals surface area contributed by atoms with Gasteiger partial charge in [-0.05, 0) is 24.0 Å². The Morgan fingerprint density at radius 3 is 2.75 bits per heavy atom. The summed E-state index contributed by atoms with van der Waals surface area (Å²) in [4.78, 5) is 15.6. The van der Waals surface area contributed by atoms with E-state index in [1.54, 1.807) is 0 Å². The molecule has 0 saturated heterocycles. The Bertz CT molecular complexity index is 570. The molecule has 4 nitrogen and oxygen atoms in total. The lowest BCUT2D eigenvalue weighted by Crippen LogP contribution is -2.25. The number of carbonyl (C=O) groups is 1. The summed E-state index contributed by atoms with van der Waals surface area (Å²) in [5, 5.41) is 12.4. The number of nitrogens with zero attached hydrogens (tertiary/aromatic N) is 1. The Morgan fingerprint density at radius 1 is 1.30 bits per heavy atom. The van der Waals surface area contributed by atoms with Gasteiger partial charge in [-0.15, -0.1) is 0 Å². The van der Waals surface area contributed by atoms with E-state index in [0.29, 0.717) is 12.5 Å². The number of hydrogen-bond acceptors (Lipinski definition) is 3. The molecule has 0 radical (unpaired) electrons. The van der Waals surface area contributed by atoms with E-state index in [9.17, 15) is 9.90 Å². The molecular weight excluding hydrogens is 252 g/mol. The first-order chi connectivity index (χ1) is 9.68. The van der Waals surface area contributed by atoms with Gasteiger partial charge in [-0.1, -0.05) is 37.3 Å². The average Bonchev–Trinajstić information content (AvgIpc) is 2.48. The van der Waals surface area contributed by atoms with Crippen molar-refractivity contribution in [3.8, 4) is 5.75 Å². The summed E-state index contributed by atoms with van der Waals surface area (Å²) in [6.45, 7) is 2.70. The second-order valence-electron chi connectivity index (χ2n) is 4.75. The normalized spacial score (nSPS) is 11.8. The molecule has 0 aliphatic rings. The van der Waals surface area contributed by atoms with Gasteiger partial charge in [0.25, 0.3) is 5.91 Å². The summed E-state index contributed by atoms with van der Waals surface area (Å²) in [7, 11) is 0. The molecule has 0 spiro atoms. The van der Waals surface area contributed by atoms with Crippen LogP contribution in [0, 0.1) is 0 Å².